The lowest BCUT2D eigenvalue weighted by Crippen LogP contribution is -2.02. The van der Waals surface area contributed by atoms with E-state index in [2.05, 4.69) is 17.2 Å². The number of nitrogens with zero attached hydrogens (tertiary/aromatic N) is 4. The average Bonchev–Trinajstić information content (AvgIpc) is 3.16. The largest absolute Gasteiger partial charge is 0.382 e. The number of anilines is 1. The summed E-state index contributed by atoms with van der Waals surface area (Å²) in [6.07, 6.45) is 1.75. The van der Waals surface area contributed by atoms with Gasteiger partial charge < -0.3 is 5.73 Å². The number of benzene rings is 1. The Hall–Kier alpha value is -3.35. The van der Waals surface area contributed by atoms with Crippen LogP contribution in [0.1, 0.15) is 21.7 Å². The molecule has 0 radical (unpaired) electrons. The zero-order valence-electron chi connectivity index (χ0n) is 12.9. The van der Waals surface area contributed by atoms with Gasteiger partial charge in [0.25, 0.3) is 0 Å². The second-order valence-electron chi connectivity index (χ2n) is 5.11. The second kappa shape index (κ2) is 6.41. The second-order valence-corrected chi connectivity index (χ2v) is 6.05. The van der Waals surface area contributed by atoms with E-state index in [-0.39, 0.29) is 11.4 Å². The molecule has 5 nitrogen and oxygen atoms in total. The van der Waals surface area contributed by atoms with Gasteiger partial charge in [0.1, 0.15) is 29.2 Å². The van der Waals surface area contributed by atoms with E-state index in [1.54, 1.807) is 6.08 Å². The summed E-state index contributed by atoms with van der Waals surface area (Å²) >= 11 is 1.53. The highest BCUT2D eigenvalue weighted by atomic mass is 32.1. The first-order chi connectivity index (χ1) is 11.7. The van der Waals surface area contributed by atoms with Crippen LogP contribution in [0.5, 0.6) is 0 Å². The Kier molecular flexibility index (Phi) is 4.15. The molecule has 0 aliphatic rings. The van der Waals surface area contributed by atoms with E-state index in [1.165, 1.54) is 16.0 Å². The van der Waals surface area contributed by atoms with Gasteiger partial charge in [-0.25, -0.2) is 4.68 Å². The number of rotatable bonds is 3. The fourth-order valence-electron chi connectivity index (χ4n) is 2.31. The van der Waals surface area contributed by atoms with Gasteiger partial charge in [-0.3, -0.25) is 0 Å². The predicted octanol–water partition coefficient (Wildman–Crippen LogP) is 3.76. The molecule has 0 aliphatic carbocycles. The third-order valence-corrected chi connectivity index (χ3v) is 4.55. The highest BCUT2D eigenvalue weighted by Gasteiger charge is 2.20. The van der Waals surface area contributed by atoms with Crippen LogP contribution in [0.4, 0.5) is 5.82 Å². The number of aromatic nitrogens is 2. The van der Waals surface area contributed by atoms with Crippen molar-refractivity contribution in [3.8, 4) is 17.8 Å². The summed E-state index contributed by atoms with van der Waals surface area (Å²) in [7, 11) is 0. The average molecular weight is 331 g/mol. The monoisotopic (exact) mass is 331 g/mol. The third kappa shape index (κ3) is 2.67. The van der Waals surface area contributed by atoms with E-state index in [0.29, 0.717) is 11.3 Å². The number of thiophene rings is 1. The van der Waals surface area contributed by atoms with Crippen LogP contribution in [-0.4, -0.2) is 9.78 Å². The number of allylic oxidation sites excluding steroid dienone is 1. The molecule has 0 amide bonds. The highest BCUT2D eigenvalue weighted by Crippen LogP contribution is 2.28. The van der Waals surface area contributed by atoms with Crippen molar-refractivity contribution >= 4 is 28.8 Å². The van der Waals surface area contributed by atoms with Gasteiger partial charge in [-0.1, -0.05) is 18.2 Å². The summed E-state index contributed by atoms with van der Waals surface area (Å²) in [5.41, 5.74) is 8.72. The number of aryl methyl sites for hydroxylation is 1. The molecule has 0 fully saturated rings. The quantitative estimate of drug-likeness (QED) is 0.740. The van der Waals surface area contributed by atoms with Crippen LogP contribution in [0.3, 0.4) is 0 Å². The molecule has 2 N–H and O–H groups in total. The SMILES string of the molecule is Cc1ccsc1C=C(C#N)c1nn(-c2ccccc2)c(N)c1C#N. The van der Waals surface area contributed by atoms with Crippen molar-refractivity contribution in [3.63, 3.8) is 0 Å². The summed E-state index contributed by atoms with van der Waals surface area (Å²) < 4.78 is 1.49. The summed E-state index contributed by atoms with van der Waals surface area (Å²) in [4.78, 5) is 0.961. The molecule has 3 aromatic rings. The molecular formula is C18H13N5S. The molecule has 0 bridgehead atoms. The van der Waals surface area contributed by atoms with Crippen molar-refractivity contribution in [1.82, 2.24) is 9.78 Å². The molecule has 0 spiro atoms. The van der Waals surface area contributed by atoms with E-state index in [0.717, 1.165) is 16.1 Å². The van der Waals surface area contributed by atoms with E-state index in [1.807, 2.05) is 48.7 Å². The van der Waals surface area contributed by atoms with E-state index >= 15 is 0 Å². The third-order valence-electron chi connectivity index (χ3n) is 3.59. The maximum Gasteiger partial charge on any atom is 0.145 e. The molecule has 24 heavy (non-hydrogen) atoms. The van der Waals surface area contributed by atoms with Gasteiger partial charge in [0.15, 0.2) is 0 Å². The Balaban J connectivity index is 2.18. The maximum atomic E-state index is 9.55. The molecule has 0 unspecified atom stereocenters. The van der Waals surface area contributed by atoms with Crippen LogP contribution in [0, 0.1) is 29.6 Å². The van der Waals surface area contributed by atoms with Crippen molar-refractivity contribution in [3.05, 3.63) is 63.5 Å². The molecule has 2 aromatic heterocycles. The van der Waals surface area contributed by atoms with E-state index in [9.17, 15) is 10.5 Å². The summed E-state index contributed by atoms with van der Waals surface area (Å²) in [6.45, 7) is 1.97. The number of hydrogen-bond donors (Lipinski definition) is 1. The number of para-hydroxylation sites is 1. The Morgan fingerprint density at radius 2 is 2.00 bits per heavy atom. The maximum absolute atomic E-state index is 9.55. The first-order valence-electron chi connectivity index (χ1n) is 7.16. The first-order valence-corrected chi connectivity index (χ1v) is 8.04. The zero-order chi connectivity index (χ0) is 17.1. The lowest BCUT2D eigenvalue weighted by molar-refractivity contribution is 0.885. The van der Waals surface area contributed by atoms with Crippen molar-refractivity contribution in [2.24, 2.45) is 0 Å². The molecule has 0 aliphatic heterocycles. The van der Waals surface area contributed by atoms with Crippen LogP contribution >= 0.6 is 11.3 Å². The zero-order valence-corrected chi connectivity index (χ0v) is 13.7. The fraction of sp³-hybridized carbons (Fsp3) is 0.0556. The molecule has 1 aromatic carbocycles. The lowest BCUT2D eigenvalue weighted by atomic mass is 10.1. The minimum Gasteiger partial charge on any atom is -0.382 e. The number of hydrogen-bond acceptors (Lipinski definition) is 5. The highest BCUT2D eigenvalue weighted by molar-refractivity contribution is 7.11. The van der Waals surface area contributed by atoms with Crippen molar-refractivity contribution in [2.75, 3.05) is 5.73 Å². The lowest BCUT2D eigenvalue weighted by Gasteiger charge is -2.02. The minimum absolute atomic E-state index is 0.209. The Morgan fingerprint density at radius 3 is 2.58 bits per heavy atom. The van der Waals surface area contributed by atoms with Crippen LogP contribution in [0.25, 0.3) is 17.3 Å². The minimum atomic E-state index is 0.209. The first kappa shape index (κ1) is 15.5. The predicted molar refractivity (Wildman–Crippen MR) is 95.2 cm³/mol. The smallest absolute Gasteiger partial charge is 0.145 e. The number of nitrogen functional groups attached to an aromatic ring is 1. The molecule has 0 saturated heterocycles. The molecule has 3 rings (SSSR count). The standard InChI is InChI=1S/C18H13N5S/c1-12-7-8-24-16(12)9-13(10-19)17-15(11-20)18(21)23(22-17)14-5-3-2-4-6-14/h2-9H,21H2,1H3. The molecule has 2 heterocycles. The molecule has 0 atom stereocenters. The van der Waals surface area contributed by atoms with Crippen LogP contribution in [-0.2, 0) is 0 Å². The van der Waals surface area contributed by atoms with Crippen molar-refractivity contribution in [1.29, 1.82) is 10.5 Å². The van der Waals surface area contributed by atoms with Crippen molar-refractivity contribution in [2.45, 2.75) is 6.92 Å². The Morgan fingerprint density at radius 1 is 1.25 bits per heavy atom. The van der Waals surface area contributed by atoms with Gasteiger partial charge >= 0.3 is 0 Å². The normalized spacial score (nSPS) is 11.0. The molecule has 6 heteroatoms. The fourth-order valence-corrected chi connectivity index (χ4v) is 3.17. The molecule has 0 saturated carbocycles. The van der Waals surface area contributed by atoms with Gasteiger partial charge in [0.2, 0.25) is 0 Å². The van der Waals surface area contributed by atoms with Gasteiger partial charge in [-0.05, 0) is 42.1 Å². The van der Waals surface area contributed by atoms with E-state index in [4.69, 9.17) is 5.73 Å². The van der Waals surface area contributed by atoms with Crippen LogP contribution in [0.2, 0.25) is 0 Å². The van der Waals surface area contributed by atoms with E-state index < -0.39 is 0 Å². The van der Waals surface area contributed by atoms with Gasteiger partial charge in [-0.15, -0.1) is 11.3 Å². The Bertz CT molecular complexity index is 996. The Labute approximate surface area is 143 Å². The van der Waals surface area contributed by atoms with Crippen molar-refractivity contribution < 1.29 is 0 Å². The molecule has 116 valence electrons. The topological polar surface area (TPSA) is 91.4 Å². The summed E-state index contributed by atoms with van der Waals surface area (Å²) in [6, 6.07) is 15.5. The van der Waals surface area contributed by atoms with Crippen LogP contribution < -0.4 is 5.73 Å². The summed E-state index contributed by atoms with van der Waals surface area (Å²) in [5.74, 6) is 0.225. The number of nitriles is 2. The van der Waals surface area contributed by atoms with Gasteiger partial charge in [-0.2, -0.15) is 15.6 Å². The summed E-state index contributed by atoms with van der Waals surface area (Å²) in [5, 5.41) is 25.4. The number of nitrogens with two attached hydrogens (primary N) is 1. The van der Waals surface area contributed by atoms with Gasteiger partial charge in [0.05, 0.1) is 11.3 Å². The molecular weight excluding hydrogens is 318 g/mol. The van der Waals surface area contributed by atoms with Crippen LogP contribution in [0.15, 0.2) is 41.8 Å². The van der Waals surface area contributed by atoms with Gasteiger partial charge in [0, 0.05) is 4.88 Å².